The molecule has 46 heavy (non-hydrogen) atoms. The van der Waals surface area contributed by atoms with E-state index in [2.05, 4.69) is 36.7 Å². The highest BCUT2D eigenvalue weighted by molar-refractivity contribution is 6.31. The quantitative estimate of drug-likeness (QED) is 0.399. The van der Waals surface area contributed by atoms with Gasteiger partial charge in [-0.05, 0) is 81.8 Å². The van der Waals surface area contributed by atoms with Crippen molar-refractivity contribution in [1.29, 1.82) is 5.26 Å². The standard InChI is InChI=1S/C29H36ClN7O2.C2HF3O2/c30-25-13-24(4-1-21(25)14-31)39-23-5-2-22(3-6-23)33-28(38)26-7-8-27(35-34-26)37-18-29(19-37)16-36(17-29)15-20-9-11-32-12-10-20;3-2(4,5)1(6)7/h1,4,7-8,13,20,22-23,32H,2-3,5-6,9-12,15-19H2,(H,33,38);(H,6,7). The molecule has 1 aromatic carbocycles. The number of hydrogen-bond acceptors (Lipinski definition) is 9. The Morgan fingerprint density at radius 2 is 1.74 bits per heavy atom. The molecule has 4 aliphatic rings. The van der Waals surface area contributed by atoms with Gasteiger partial charge in [0.2, 0.25) is 0 Å². The number of carboxylic acid groups (broad SMARTS) is 1. The monoisotopic (exact) mass is 663 g/mol. The summed E-state index contributed by atoms with van der Waals surface area (Å²) in [4.78, 5) is 26.6. The zero-order valence-electron chi connectivity index (χ0n) is 25.2. The van der Waals surface area contributed by atoms with Crippen molar-refractivity contribution in [1.82, 2.24) is 25.7 Å². The van der Waals surface area contributed by atoms with E-state index >= 15 is 0 Å². The molecule has 1 aliphatic carbocycles. The summed E-state index contributed by atoms with van der Waals surface area (Å²) in [6.45, 7) is 8.00. The number of piperidine rings is 1. The molecule has 0 unspecified atom stereocenters. The number of carboxylic acids is 1. The fourth-order valence-electron chi connectivity index (χ4n) is 6.64. The smallest absolute Gasteiger partial charge is 0.490 e. The van der Waals surface area contributed by atoms with Crippen LogP contribution in [0.3, 0.4) is 0 Å². The van der Waals surface area contributed by atoms with Gasteiger partial charge < -0.3 is 30.3 Å². The second kappa shape index (κ2) is 14.4. The predicted octanol–water partition coefficient (Wildman–Crippen LogP) is 3.88. The number of nitrogens with one attached hydrogen (secondary N) is 2. The predicted molar refractivity (Wildman–Crippen MR) is 163 cm³/mol. The molecule has 3 aliphatic heterocycles. The van der Waals surface area contributed by atoms with Gasteiger partial charge in [0.25, 0.3) is 5.91 Å². The number of nitrogens with zero attached hydrogens (tertiary/aromatic N) is 5. The number of aliphatic carboxylic acids is 1. The lowest BCUT2D eigenvalue weighted by molar-refractivity contribution is -0.192. The van der Waals surface area contributed by atoms with E-state index in [1.807, 2.05) is 6.07 Å². The summed E-state index contributed by atoms with van der Waals surface area (Å²) in [5.74, 6) is -0.560. The summed E-state index contributed by atoms with van der Waals surface area (Å²) in [7, 11) is 0. The topological polar surface area (TPSA) is 144 Å². The van der Waals surface area contributed by atoms with Crippen LogP contribution in [-0.2, 0) is 4.79 Å². The number of carbonyl (C=O) groups excluding carboxylic acids is 1. The number of halogens is 4. The number of ether oxygens (including phenoxy) is 1. The van der Waals surface area contributed by atoms with Gasteiger partial charge in [-0.25, -0.2) is 4.79 Å². The molecule has 1 spiro atoms. The molecule has 1 aromatic heterocycles. The van der Waals surface area contributed by atoms with Crippen LogP contribution in [0.5, 0.6) is 5.75 Å². The Hall–Kier alpha value is -3.67. The molecule has 11 nitrogen and oxygen atoms in total. The Kier molecular flexibility index (Phi) is 10.5. The molecule has 1 amide bonds. The van der Waals surface area contributed by atoms with Crippen LogP contribution in [0.25, 0.3) is 0 Å². The molecule has 0 atom stereocenters. The average molecular weight is 664 g/mol. The molecule has 0 bridgehead atoms. The van der Waals surface area contributed by atoms with Crippen molar-refractivity contribution in [2.75, 3.05) is 50.7 Å². The molecule has 4 fully saturated rings. The fourth-order valence-corrected chi connectivity index (χ4v) is 6.85. The van der Waals surface area contributed by atoms with E-state index in [4.69, 9.17) is 31.5 Å². The number of alkyl halides is 3. The summed E-state index contributed by atoms with van der Waals surface area (Å²) < 4.78 is 37.8. The number of rotatable bonds is 7. The zero-order valence-corrected chi connectivity index (χ0v) is 26.0. The zero-order chi connectivity index (χ0) is 32.9. The van der Waals surface area contributed by atoms with Crippen molar-refractivity contribution in [3.8, 4) is 11.8 Å². The van der Waals surface area contributed by atoms with Crippen LogP contribution in [0.15, 0.2) is 30.3 Å². The number of hydrogen-bond donors (Lipinski definition) is 3. The Bertz CT molecular complexity index is 1410. The third kappa shape index (κ3) is 8.57. The molecule has 3 N–H and O–H groups in total. The number of anilines is 1. The number of benzene rings is 1. The van der Waals surface area contributed by atoms with Gasteiger partial charge >= 0.3 is 12.1 Å². The van der Waals surface area contributed by atoms with Crippen LogP contribution in [0.1, 0.15) is 54.6 Å². The van der Waals surface area contributed by atoms with E-state index in [0.29, 0.717) is 27.4 Å². The maximum Gasteiger partial charge on any atom is 0.490 e. The Labute approximate surface area is 270 Å². The van der Waals surface area contributed by atoms with Crippen molar-refractivity contribution in [3.05, 3.63) is 46.6 Å². The van der Waals surface area contributed by atoms with Gasteiger partial charge in [0.1, 0.15) is 11.8 Å². The number of nitriles is 1. The summed E-state index contributed by atoms with van der Waals surface area (Å²) >= 11 is 6.11. The molecular weight excluding hydrogens is 627 g/mol. The van der Waals surface area contributed by atoms with Crippen LogP contribution in [-0.4, -0.2) is 96.2 Å². The van der Waals surface area contributed by atoms with Crippen LogP contribution in [0.2, 0.25) is 5.02 Å². The first kappa shape index (κ1) is 33.7. The molecule has 3 saturated heterocycles. The fraction of sp³-hybridized carbons (Fsp3) is 0.581. The van der Waals surface area contributed by atoms with E-state index in [9.17, 15) is 18.0 Å². The Morgan fingerprint density at radius 3 is 2.30 bits per heavy atom. The molecule has 248 valence electrons. The normalized spacial score (nSPS) is 22.8. The lowest BCUT2D eigenvalue weighted by Crippen LogP contribution is -2.72. The number of aromatic nitrogens is 2. The van der Waals surface area contributed by atoms with Gasteiger partial charge in [-0.1, -0.05) is 11.6 Å². The first-order chi connectivity index (χ1) is 21.9. The molecule has 0 radical (unpaired) electrons. The third-order valence-electron chi connectivity index (χ3n) is 8.97. The molecule has 15 heteroatoms. The minimum Gasteiger partial charge on any atom is -0.490 e. The van der Waals surface area contributed by atoms with Gasteiger partial charge in [-0.15, -0.1) is 10.2 Å². The van der Waals surface area contributed by atoms with Gasteiger partial charge in [0.15, 0.2) is 11.5 Å². The van der Waals surface area contributed by atoms with Crippen molar-refractivity contribution in [3.63, 3.8) is 0 Å². The van der Waals surface area contributed by atoms with E-state index in [1.165, 1.54) is 32.5 Å². The van der Waals surface area contributed by atoms with E-state index in [-0.39, 0.29) is 18.1 Å². The minimum atomic E-state index is -5.08. The van der Waals surface area contributed by atoms with E-state index in [0.717, 1.165) is 63.6 Å². The number of amides is 1. The van der Waals surface area contributed by atoms with Crippen LogP contribution in [0.4, 0.5) is 19.0 Å². The van der Waals surface area contributed by atoms with E-state index < -0.39 is 12.1 Å². The highest BCUT2D eigenvalue weighted by Gasteiger charge is 2.52. The molecule has 6 rings (SSSR count). The van der Waals surface area contributed by atoms with E-state index in [1.54, 1.807) is 24.3 Å². The SMILES string of the molecule is N#Cc1ccc(OC2CCC(NC(=O)c3ccc(N4CC5(CN(CC6CCNCC6)C5)C4)nn3)CC2)cc1Cl.O=C(O)C(F)(F)F. The van der Waals surface area contributed by atoms with Crippen molar-refractivity contribution < 1.29 is 32.6 Å². The van der Waals surface area contributed by atoms with Gasteiger partial charge in [-0.3, -0.25) is 4.79 Å². The summed E-state index contributed by atoms with van der Waals surface area (Å²) in [6, 6.07) is 11.0. The van der Waals surface area contributed by atoms with Crippen molar-refractivity contribution >= 4 is 29.3 Å². The van der Waals surface area contributed by atoms with Crippen LogP contribution in [0, 0.1) is 22.7 Å². The molecule has 1 saturated carbocycles. The highest BCUT2D eigenvalue weighted by Crippen LogP contribution is 2.41. The second-order valence-corrected chi connectivity index (χ2v) is 13.0. The Morgan fingerprint density at radius 1 is 1.07 bits per heavy atom. The van der Waals surface area contributed by atoms with Crippen molar-refractivity contribution in [2.24, 2.45) is 11.3 Å². The summed E-state index contributed by atoms with van der Waals surface area (Å²) in [5.41, 5.74) is 1.21. The molecule has 4 heterocycles. The maximum absolute atomic E-state index is 12.8. The van der Waals surface area contributed by atoms with Crippen LogP contribution >= 0.6 is 11.6 Å². The highest BCUT2D eigenvalue weighted by atomic mass is 35.5. The third-order valence-corrected chi connectivity index (χ3v) is 9.28. The maximum atomic E-state index is 12.8. The van der Waals surface area contributed by atoms with Gasteiger partial charge in [-0.2, -0.15) is 18.4 Å². The minimum absolute atomic E-state index is 0.0633. The molecular formula is C31H37ClF3N7O4. The summed E-state index contributed by atoms with van der Waals surface area (Å²) in [5, 5.41) is 31.7. The average Bonchev–Trinajstić information content (AvgIpc) is 2.99. The first-order valence-electron chi connectivity index (χ1n) is 15.4. The van der Waals surface area contributed by atoms with Crippen molar-refractivity contribution in [2.45, 2.75) is 56.8 Å². The van der Waals surface area contributed by atoms with Gasteiger partial charge in [0.05, 0.1) is 16.7 Å². The lowest BCUT2D eigenvalue weighted by Gasteiger charge is -2.61. The lowest BCUT2D eigenvalue weighted by atomic mass is 9.72. The Balaban J connectivity index is 0.000000537. The summed E-state index contributed by atoms with van der Waals surface area (Å²) in [6.07, 6.45) is 0.909. The second-order valence-electron chi connectivity index (χ2n) is 12.6. The number of carbonyl (C=O) groups is 2. The first-order valence-corrected chi connectivity index (χ1v) is 15.8. The largest absolute Gasteiger partial charge is 0.490 e. The number of likely N-dealkylation sites (tertiary alicyclic amines) is 1. The molecule has 2 aromatic rings. The van der Waals surface area contributed by atoms with Crippen LogP contribution < -0.4 is 20.3 Å². The van der Waals surface area contributed by atoms with Gasteiger partial charge in [0, 0.05) is 50.2 Å².